The van der Waals surface area contributed by atoms with Crippen LogP contribution in [0.1, 0.15) is 5.82 Å². The highest BCUT2D eigenvalue weighted by Gasteiger charge is 2.09. The molecule has 0 atom stereocenters. The maximum atomic E-state index is 9.56. The van der Waals surface area contributed by atoms with E-state index in [1.807, 2.05) is 0 Å². The van der Waals surface area contributed by atoms with Crippen LogP contribution in [0.15, 0.2) is 12.1 Å². The number of ether oxygens (including phenoxy) is 1. The van der Waals surface area contributed by atoms with E-state index in [9.17, 15) is 5.11 Å². The Bertz CT molecular complexity index is 528. The summed E-state index contributed by atoms with van der Waals surface area (Å²) in [5, 5.41) is 10.6. The summed E-state index contributed by atoms with van der Waals surface area (Å²) in [6.07, 6.45) is 0. The van der Waals surface area contributed by atoms with Gasteiger partial charge in [-0.05, 0) is 13.0 Å². The molecule has 1 aromatic heterocycles. The molecule has 0 saturated carbocycles. The number of fused-ring (bicyclic) bond motifs is 1. The molecule has 78 valence electrons. The predicted molar refractivity (Wildman–Crippen MR) is 57.5 cm³/mol. The molecule has 0 bridgehead atoms. The van der Waals surface area contributed by atoms with Gasteiger partial charge in [0, 0.05) is 11.5 Å². The van der Waals surface area contributed by atoms with Crippen LogP contribution in [0.5, 0.6) is 11.5 Å². The summed E-state index contributed by atoms with van der Waals surface area (Å²) in [4.78, 5) is 8.19. The smallest absolute Gasteiger partial charge is 0.161 e. The van der Waals surface area contributed by atoms with Gasteiger partial charge in [-0.3, -0.25) is 0 Å². The minimum atomic E-state index is 0.0409. The van der Waals surface area contributed by atoms with Gasteiger partial charge in [0.1, 0.15) is 11.0 Å². The molecule has 1 N–H and O–H groups in total. The average Bonchev–Trinajstić information content (AvgIpc) is 2.16. The molecular formula is C10H9ClN2O2. The van der Waals surface area contributed by atoms with Gasteiger partial charge in [0.05, 0.1) is 12.6 Å². The Morgan fingerprint density at radius 1 is 1.33 bits per heavy atom. The van der Waals surface area contributed by atoms with Crippen molar-refractivity contribution in [1.82, 2.24) is 9.97 Å². The van der Waals surface area contributed by atoms with Crippen molar-refractivity contribution in [2.75, 3.05) is 7.11 Å². The van der Waals surface area contributed by atoms with Crippen molar-refractivity contribution in [3.63, 3.8) is 0 Å². The van der Waals surface area contributed by atoms with Crippen molar-refractivity contribution in [1.29, 1.82) is 0 Å². The Morgan fingerprint density at radius 3 is 2.73 bits per heavy atom. The fourth-order valence-electron chi connectivity index (χ4n) is 1.38. The summed E-state index contributed by atoms with van der Waals surface area (Å²) in [6.45, 7) is 1.74. The fraction of sp³-hybridized carbons (Fsp3) is 0.200. The first-order valence-corrected chi connectivity index (χ1v) is 4.70. The predicted octanol–water partition coefficient (Wildman–Crippen LogP) is 2.31. The quantitative estimate of drug-likeness (QED) is 0.756. The van der Waals surface area contributed by atoms with Crippen LogP contribution in [0.25, 0.3) is 10.9 Å². The Morgan fingerprint density at radius 2 is 2.07 bits per heavy atom. The second-order valence-corrected chi connectivity index (χ2v) is 3.46. The van der Waals surface area contributed by atoms with Gasteiger partial charge in [0.15, 0.2) is 11.5 Å². The van der Waals surface area contributed by atoms with E-state index >= 15 is 0 Å². The third kappa shape index (κ3) is 1.68. The van der Waals surface area contributed by atoms with Crippen molar-refractivity contribution in [2.45, 2.75) is 6.92 Å². The van der Waals surface area contributed by atoms with Crippen LogP contribution in [0.2, 0.25) is 5.15 Å². The van der Waals surface area contributed by atoms with E-state index in [-0.39, 0.29) is 5.75 Å². The Labute approximate surface area is 91.5 Å². The van der Waals surface area contributed by atoms with Gasteiger partial charge in [0.25, 0.3) is 0 Å². The summed E-state index contributed by atoms with van der Waals surface area (Å²) in [7, 11) is 1.48. The number of phenolic OH excluding ortho intramolecular Hbond substituents is 1. The molecule has 0 amide bonds. The molecule has 1 heterocycles. The van der Waals surface area contributed by atoms with Crippen LogP contribution >= 0.6 is 11.6 Å². The van der Waals surface area contributed by atoms with E-state index in [0.717, 1.165) is 0 Å². The second-order valence-electron chi connectivity index (χ2n) is 3.10. The summed E-state index contributed by atoms with van der Waals surface area (Å²) in [6, 6.07) is 3.13. The minimum absolute atomic E-state index is 0.0409. The van der Waals surface area contributed by atoms with Crippen molar-refractivity contribution in [3.8, 4) is 11.5 Å². The molecule has 0 aliphatic heterocycles. The highest BCUT2D eigenvalue weighted by atomic mass is 35.5. The lowest BCUT2D eigenvalue weighted by molar-refractivity contribution is 0.374. The number of benzene rings is 1. The molecule has 0 saturated heterocycles. The molecular weight excluding hydrogens is 216 g/mol. The van der Waals surface area contributed by atoms with Crippen molar-refractivity contribution in [3.05, 3.63) is 23.1 Å². The third-order valence-corrected chi connectivity index (χ3v) is 2.35. The van der Waals surface area contributed by atoms with Crippen molar-refractivity contribution < 1.29 is 9.84 Å². The Balaban J connectivity index is 2.81. The van der Waals surface area contributed by atoms with Crippen LogP contribution in [0.4, 0.5) is 0 Å². The molecule has 2 aromatic rings. The zero-order valence-corrected chi connectivity index (χ0v) is 9.04. The minimum Gasteiger partial charge on any atom is -0.504 e. The lowest BCUT2D eigenvalue weighted by Crippen LogP contribution is -1.91. The van der Waals surface area contributed by atoms with E-state index in [1.54, 1.807) is 13.0 Å². The normalized spacial score (nSPS) is 10.6. The first-order chi connectivity index (χ1) is 7.11. The second kappa shape index (κ2) is 3.55. The number of hydrogen-bond donors (Lipinski definition) is 1. The molecule has 1 aromatic carbocycles. The van der Waals surface area contributed by atoms with Crippen LogP contribution in [-0.4, -0.2) is 22.2 Å². The Hall–Kier alpha value is -1.55. The maximum absolute atomic E-state index is 9.56. The monoisotopic (exact) mass is 224 g/mol. The summed E-state index contributed by atoms with van der Waals surface area (Å²) in [5.74, 6) is 0.966. The van der Waals surface area contributed by atoms with E-state index in [4.69, 9.17) is 16.3 Å². The zero-order valence-electron chi connectivity index (χ0n) is 8.28. The third-order valence-electron chi connectivity index (χ3n) is 2.06. The van der Waals surface area contributed by atoms with Gasteiger partial charge in [0.2, 0.25) is 0 Å². The van der Waals surface area contributed by atoms with E-state index in [1.165, 1.54) is 13.2 Å². The van der Waals surface area contributed by atoms with Crippen molar-refractivity contribution >= 4 is 22.5 Å². The number of hydrogen-bond acceptors (Lipinski definition) is 4. The zero-order chi connectivity index (χ0) is 11.0. The molecule has 0 aliphatic carbocycles. The van der Waals surface area contributed by atoms with E-state index in [2.05, 4.69) is 9.97 Å². The van der Waals surface area contributed by atoms with Gasteiger partial charge in [-0.25, -0.2) is 9.97 Å². The summed E-state index contributed by atoms with van der Waals surface area (Å²) >= 11 is 5.96. The topological polar surface area (TPSA) is 55.2 Å². The number of methoxy groups -OCH3 is 1. The number of rotatable bonds is 1. The van der Waals surface area contributed by atoms with E-state index in [0.29, 0.717) is 27.6 Å². The molecule has 0 radical (unpaired) electrons. The standard InChI is InChI=1S/C10H9ClN2O2/c1-5-12-7-4-8(14)9(15-2)3-6(7)10(11)13-5/h3-4,14H,1-2H3. The lowest BCUT2D eigenvalue weighted by atomic mass is 10.2. The van der Waals surface area contributed by atoms with Gasteiger partial charge in [-0.2, -0.15) is 0 Å². The molecule has 4 nitrogen and oxygen atoms in total. The molecule has 0 aliphatic rings. The molecule has 0 unspecified atom stereocenters. The maximum Gasteiger partial charge on any atom is 0.161 e. The number of aromatic nitrogens is 2. The van der Waals surface area contributed by atoms with Gasteiger partial charge in [-0.15, -0.1) is 0 Å². The van der Waals surface area contributed by atoms with Crippen molar-refractivity contribution in [2.24, 2.45) is 0 Å². The van der Waals surface area contributed by atoms with Crippen LogP contribution in [0.3, 0.4) is 0 Å². The van der Waals surface area contributed by atoms with Gasteiger partial charge in [-0.1, -0.05) is 11.6 Å². The lowest BCUT2D eigenvalue weighted by Gasteiger charge is -2.06. The molecule has 5 heteroatoms. The fourth-order valence-corrected chi connectivity index (χ4v) is 1.65. The number of aryl methyl sites for hydroxylation is 1. The van der Waals surface area contributed by atoms with Crippen LogP contribution < -0.4 is 4.74 Å². The van der Waals surface area contributed by atoms with Crippen LogP contribution in [-0.2, 0) is 0 Å². The summed E-state index contributed by atoms with van der Waals surface area (Å²) < 4.78 is 4.97. The number of aromatic hydroxyl groups is 1. The molecule has 0 fully saturated rings. The summed E-state index contributed by atoms with van der Waals surface area (Å²) in [5.41, 5.74) is 0.603. The Kier molecular flexibility index (Phi) is 2.36. The number of halogens is 1. The SMILES string of the molecule is COc1cc2c(Cl)nc(C)nc2cc1O. The van der Waals surface area contributed by atoms with Crippen LogP contribution in [0, 0.1) is 6.92 Å². The van der Waals surface area contributed by atoms with E-state index < -0.39 is 0 Å². The highest BCUT2D eigenvalue weighted by Crippen LogP contribution is 2.32. The van der Waals surface area contributed by atoms with Gasteiger partial charge >= 0.3 is 0 Å². The molecule has 2 rings (SSSR count). The largest absolute Gasteiger partial charge is 0.504 e. The first kappa shape index (κ1) is 9.98. The molecule has 15 heavy (non-hydrogen) atoms. The van der Waals surface area contributed by atoms with Gasteiger partial charge < -0.3 is 9.84 Å². The first-order valence-electron chi connectivity index (χ1n) is 4.32. The number of nitrogens with zero attached hydrogens (tertiary/aromatic N) is 2. The number of phenols is 1. The molecule has 0 spiro atoms. The highest BCUT2D eigenvalue weighted by molar-refractivity contribution is 6.34. The average molecular weight is 225 g/mol.